The van der Waals surface area contributed by atoms with Crippen molar-refractivity contribution in [3.8, 4) is 170 Å². The molecule has 0 aliphatic rings. The third-order valence-electron chi connectivity index (χ3n) is 14.8. The fourth-order valence-electron chi connectivity index (χ4n) is 9.83. The summed E-state index contributed by atoms with van der Waals surface area (Å²) in [4.78, 5) is 0. The van der Waals surface area contributed by atoms with Crippen molar-refractivity contribution < 1.29 is 91.9 Å². The fourth-order valence-corrected chi connectivity index (χ4v) is 9.83. The van der Waals surface area contributed by atoms with E-state index in [1.807, 2.05) is 39.8 Å². The molecule has 12 aromatic rings. The Morgan fingerprint density at radius 2 is 0.521 bits per heavy atom. The van der Waals surface area contributed by atoms with Gasteiger partial charge in [0.1, 0.15) is 103 Å². The first-order valence-electron chi connectivity index (χ1n) is 29.4. The Kier molecular flexibility index (Phi) is 23.0. The van der Waals surface area contributed by atoms with Gasteiger partial charge in [-0.25, -0.2) is 0 Å². The van der Waals surface area contributed by atoms with Gasteiger partial charge in [0.15, 0.2) is 0 Å². The van der Waals surface area contributed by atoms with Crippen LogP contribution in [0.3, 0.4) is 0 Å². The maximum Gasteiger partial charge on any atom is 0.126 e. The lowest BCUT2D eigenvalue weighted by Gasteiger charge is -2.10. The van der Waals surface area contributed by atoms with Crippen LogP contribution >= 0.6 is 0 Å². The van der Waals surface area contributed by atoms with E-state index < -0.39 is 0 Å². The van der Waals surface area contributed by atoms with Crippen molar-refractivity contribution in [1.82, 2.24) is 0 Å². The minimum atomic E-state index is 0.0250. The summed E-state index contributed by atoms with van der Waals surface area (Å²) in [6.45, 7) is 11.0. The Morgan fingerprint density at radius 3 is 1.00 bits per heavy atom. The van der Waals surface area contributed by atoms with Gasteiger partial charge < -0.3 is 91.9 Å². The highest BCUT2D eigenvalue weighted by atomic mass is 16.3. The van der Waals surface area contributed by atoms with Crippen LogP contribution in [0.15, 0.2) is 218 Å². The maximum absolute atomic E-state index is 9.87. The van der Waals surface area contributed by atoms with Crippen molar-refractivity contribution in [3.05, 3.63) is 252 Å². The summed E-state index contributed by atoms with van der Waals surface area (Å²) in [5.74, 6) is 1.46. The fraction of sp³-hybridized carbons (Fsp3) is 0.0769. The molecule has 492 valence electrons. The summed E-state index contributed by atoms with van der Waals surface area (Å²) >= 11 is 0. The van der Waals surface area contributed by atoms with E-state index in [2.05, 4.69) is 0 Å². The van der Waals surface area contributed by atoms with Crippen molar-refractivity contribution >= 4 is 0 Å². The molecule has 0 aromatic heterocycles. The zero-order valence-corrected chi connectivity index (χ0v) is 52.8. The quantitative estimate of drug-likeness (QED) is 0.0688. The smallest absolute Gasteiger partial charge is 0.126 e. The molecule has 0 fully saturated rings. The molecule has 0 radical (unpaired) electrons. The number of hydrogen-bond acceptors (Lipinski definition) is 18. The first-order valence-corrected chi connectivity index (χ1v) is 29.4. The minimum Gasteiger partial charge on any atom is -0.508 e. The van der Waals surface area contributed by atoms with Crippen molar-refractivity contribution in [1.29, 1.82) is 0 Å². The summed E-state index contributed by atoms with van der Waals surface area (Å²) in [5.41, 5.74) is 11.4. The number of rotatable bonds is 6. The summed E-state index contributed by atoms with van der Waals surface area (Å²) in [5, 5.41) is 172. The lowest BCUT2D eigenvalue weighted by atomic mass is 9.98. The largest absolute Gasteiger partial charge is 0.508 e. The van der Waals surface area contributed by atoms with E-state index >= 15 is 0 Å². The van der Waals surface area contributed by atoms with Crippen LogP contribution in [0.2, 0.25) is 0 Å². The van der Waals surface area contributed by atoms with E-state index in [4.69, 9.17) is 0 Å². The summed E-state index contributed by atoms with van der Waals surface area (Å²) < 4.78 is 0. The zero-order valence-electron chi connectivity index (χ0n) is 52.8. The first kappa shape index (κ1) is 70.5. The molecule has 0 saturated heterocycles. The summed E-state index contributed by atoms with van der Waals surface area (Å²) in [6.07, 6.45) is 0. The molecule has 96 heavy (non-hydrogen) atoms. The zero-order chi connectivity index (χ0) is 70.2. The highest BCUT2D eigenvalue weighted by Crippen LogP contribution is 2.43. The molecule has 18 nitrogen and oxygen atoms in total. The van der Waals surface area contributed by atoms with Gasteiger partial charge in [-0.3, -0.25) is 0 Å². The number of phenolic OH excluding ortho intramolecular Hbond substituents is 18. The van der Waals surface area contributed by atoms with E-state index in [1.165, 1.54) is 109 Å². The van der Waals surface area contributed by atoms with Crippen LogP contribution in [-0.4, -0.2) is 91.9 Å². The van der Waals surface area contributed by atoms with E-state index in [-0.39, 0.29) is 103 Å². The average Bonchev–Trinajstić information content (AvgIpc) is 0.860. The second-order valence-corrected chi connectivity index (χ2v) is 22.2. The topological polar surface area (TPSA) is 364 Å². The molecule has 0 saturated carbocycles. The normalized spacial score (nSPS) is 10.3. The van der Waals surface area contributed by atoms with Gasteiger partial charge in [-0.1, -0.05) is 66.2 Å². The molecule has 0 bridgehead atoms. The third kappa shape index (κ3) is 18.2. The Labute approximate surface area is 553 Å². The lowest BCUT2D eigenvalue weighted by Crippen LogP contribution is -1.85. The lowest BCUT2D eigenvalue weighted by molar-refractivity contribution is 0.458. The molecule has 0 amide bonds. The predicted octanol–water partition coefficient (Wildman–Crippen LogP) is 16.7. The van der Waals surface area contributed by atoms with Crippen molar-refractivity contribution in [2.45, 2.75) is 41.5 Å². The molecule has 0 unspecified atom stereocenters. The molecule has 0 atom stereocenters. The van der Waals surface area contributed by atoms with Gasteiger partial charge in [-0.15, -0.1) is 0 Å². The van der Waals surface area contributed by atoms with Crippen LogP contribution in [0.1, 0.15) is 33.4 Å². The summed E-state index contributed by atoms with van der Waals surface area (Å²) in [7, 11) is 0. The van der Waals surface area contributed by atoms with Crippen molar-refractivity contribution in [2.24, 2.45) is 0 Å². The second-order valence-electron chi connectivity index (χ2n) is 22.2. The van der Waals surface area contributed by atoms with Crippen LogP contribution in [0.25, 0.3) is 66.8 Å². The monoisotopic (exact) mass is 1300 g/mol. The number of aromatic hydroxyl groups is 18. The van der Waals surface area contributed by atoms with Crippen LogP contribution in [0.5, 0.6) is 103 Å². The summed E-state index contributed by atoms with van der Waals surface area (Å²) in [6, 6.07) is 56.0. The standard InChI is InChI=1S/6C13H12O3/c1-8-6-9(2-4-12(8)15)11-7-10(14)3-5-13(11)16;1-8-6-9(14)2-4-11(8)12-7-10(15)3-5-13(12)16;1-8-2-4-12(15)10(6-8)11-7-9(14)3-5-13(11)16;1-8-2-4-10(13(16)6-8)11-7-9(14)3-5-12(11)15;1-8-3-2-4-12(16)13(8)10-7-9(14)5-6-11(10)15;1-8-3-2-4-10(13(8)16)11-7-9(14)5-6-12(11)15/h6*2-7,14-16H,1H3. The van der Waals surface area contributed by atoms with E-state index in [0.717, 1.165) is 44.5 Å². The van der Waals surface area contributed by atoms with Gasteiger partial charge in [0.05, 0.1) is 0 Å². The van der Waals surface area contributed by atoms with E-state index in [1.54, 1.807) is 111 Å². The molecule has 12 rings (SSSR count). The Hall–Kier alpha value is -13.0. The van der Waals surface area contributed by atoms with Gasteiger partial charge in [-0.2, -0.15) is 0 Å². The molecule has 18 heteroatoms. The highest BCUT2D eigenvalue weighted by molar-refractivity contribution is 5.81. The molecule has 0 spiro atoms. The second kappa shape index (κ2) is 31.4. The maximum atomic E-state index is 9.87. The molecule has 0 aliphatic carbocycles. The molecule has 0 heterocycles. The predicted molar refractivity (Wildman–Crippen MR) is 370 cm³/mol. The van der Waals surface area contributed by atoms with Gasteiger partial charge in [0.25, 0.3) is 0 Å². The molecule has 18 N–H and O–H groups in total. The highest BCUT2D eigenvalue weighted by Gasteiger charge is 2.16. The van der Waals surface area contributed by atoms with Crippen LogP contribution < -0.4 is 0 Å². The number of phenols is 18. The SMILES string of the molecule is Cc1cc(-c2cc(O)ccc2O)ccc1O.Cc1cc(O)ccc1-c1cc(O)ccc1O.Cc1ccc(-c2cc(O)ccc2O)c(O)c1.Cc1ccc(O)c(-c2cc(O)ccc2O)c1.Cc1cccc(-c2cc(O)ccc2O)c1O.Cc1cccc(O)c1-c1cc(O)ccc1O. The average molecular weight is 1300 g/mol. The minimum absolute atomic E-state index is 0.0250. The number of aryl methyl sites for hydroxylation is 6. The van der Waals surface area contributed by atoms with Crippen LogP contribution in [0.4, 0.5) is 0 Å². The van der Waals surface area contributed by atoms with Gasteiger partial charge in [0, 0.05) is 55.6 Å². The number of para-hydroxylation sites is 1. The number of benzene rings is 12. The Bertz CT molecular complexity index is 4490. The van der Waals surface area contributed by atoms with Crippen molar-refractivity contribution in [2.75, 3.05) is 0 Å². The molecular weight excluding hydrogens is 1220 g/mol. The Morgan fingerprint density at radius 1 is 0.177 bits per heavy atom. The van der Waals surface area contributed by atoms with Gasteiger partial charge in [-0.05, 0) is 238 Å². The van der Waals surface area contributed by atoms with Gasteiger partial charge >= 0.3 is 0 Å². The van der Waals surface area contributed by atoms with Gasteiger partial charge in [0.2, 0.25) is 0 Å². The Balaban J connectivity index is 0.000000163. The molecule has 0 aliphatic heterocycles. The first-order chi connectivity index (χ1) is 45.5. The number of hydrogen-bond donors (Lipinski definition) is 18. The van der Waals surface area contributed by atoms with E-state index in [0.29, 0.717) is 55.6 Å². The van der Waals surface area contributed by atoms with Crippen LogP contribution in [-0.2, 0) is 0 Å². The van der Waals surface area contributed by atoms with Crippen LogP contribution in [0, 0.1) is 41.5 Å². The molecular formula is C78H72O18. The van der Waals surface area contributed by atoms with Crippen molar-refractivity contribution in [3.63, 3.8) is 0 Å². The molecule has 12 aromatic carbocycles. The van der Waals surface area contributed by atoms with E-state index in [9.17, 15) is 91.9 Å². The third-order valence-corrected chi connectivity index (χ3v) is 14.8.